The van der Waals surface area contributed by atoms with Gasteiger partial charge in [0.2, 0.25) is 0 Å². The Labute approximate surface area is 150 Å². The predicted molar refractivity (Wildman–Crippen MR) is 97.7 cm³/mol. The highest BCUT2D eigenvalue weighted by atomic mass is 32.1. The molecule has 0 aliphatic rings. The van der Waals surface area contributed by atoms with Crippen LogP contribution in [0, 0.1) is 13.8 Å². The van der Waals surface area contributed by atoms with Crippen molar-refractivity contribution in [2.75, 3.05) is 7.11 Å². The number of carbonyl (C=O) groups is 1. The summed E-state index contributed by atoms with van der Waals surface area (Å²) < 4.78 is 5.18. The zero-order valence-electron chi connectivity index (χ0n) is 14.3. The van der Waals surface area contributed by atoms with Crippen LogP contribution in [0.15, 0.2) is 42.5 Å². The van der Waals surface area contributed by atoms with Crippen LogP contribution < -0.4 is 9.84 Å². The first-order valence-electron chi connectivity index (χ1n) is 7.89. The van der Waals surface area contributed by atoms with Crippen molar-refractivity contribution in [3.05, 3.63) is 58.5 Å². The third kappa shape index (κ3) is 3.72. The molecule has 5 heteroatoms. The van der Waals surface area contributed by atoms with E-state index in [0.717, 1.165) is 38.7 Å². The summed E-state index contributed by atoms with van der Waals surface area (Å²) in [5, 5.41) is 12.0. The van der Waals surface area contributed by atoms with Crippen molar-refractivity contribution in [2.24, 2.45) is 0 Å². The molecule has 2 aromatic carbocycles. The number of hydrogen-bond acceptors (Lipinski definition) is 5. The van der Waals surface area contributed by atoms with Crippen LogP contribution in [0.5, 0.6) is 5.75 Å². The van der Waals surface area contributed by atoms with E-state index in [4.69, 9.17) is 9.72 Å². The number of carbonyl (C=O) groups excluding carboxylic acids is 1. The fraction of sp³-hybridized carbons (Fsp3) is 0.200. The molecule has 0 saturated carbocycles. The number of carboxylic acids is 1. The van der Waals surface area contributed by atoms with Crippen LogP contribution >= 0.6 is 11.3 Å². The summed E-state index contributed by atoms with van der Waals surface area (Å²) in [6.07, 6.45) is -0.142. The number of benzene rings is 2. The number of carboxylic acid groups (broad SMARTS) is 1. The maximum absolute atomic E-state index is 11.2. The minimum Gasteiger partial charge on any atom is -0.550 e. The normalized spacial score (nSPS) is 10.7. The molecule has 3 rings (SSSR count). The lowest BCUT2D eigenvalue weighted by Gasteiger charge is -2.07. The van der Waals surface area contributed by atoms with Crippen LogP contribution in [0.2, 0.25) is 0 Å². The monoisotopic (exact) mass is 352 g/mol. The summed E-state index contributed by atoms with van der Waals surface area (Å²) in [7, 11) is 1.62. The summed E-state index contributed by atoms with van der Waals surface area (Å²) in [4.78, 5) is 16.6. The van der Waals surface area contributed by atoms with Crippen molar-refractivity contribution >= 4 is 17.3 Å². The van der Waals surface area contributed by atoms with Crippen LogP contribution in [0.4, 0.5) is 0 Å². The average Bonchev–Trinajstić information content (AvgIpc) is 2.98. The average molecular weight is 352 g/mol. The van der Waals surface area contributed by atoms with E-state index in [1.165, 1.54) is 11.3 Å². The minimum absolute atomic E-state index is 0.142. The van der Waals surface area contributed by atoms with Gasteiger partial charge in [0.1, 0.15) is 10.8 Å². The van der Waals surface area contributed by atoms with Crippen LogP contribution in [0.3, 0.4) is 0 Å². The quantitative estimate of drug-likeness (QED) is 0.706. The molecular weight excluding hydrogens is 334 g/mol. The topological polar surface area (TPSA) is 62.2 Å². The van der Waals surface area contributed by atoms with Gasteiger partial charge in [0.05, 0.1) is 12.8 Å². The highest BCUT2D eigenvalue weighted by Gasteiger charge is 2.16. The molecular formula is C20H18NO3S-. The Morgan fingerprint density at radius 2 is 1.88 bits per heavy atom. The molecule has 0 aliphatic carbocycles. The Balaban J connectivity index is 2.09. The van der Waals surface area contributed by atoms with E-state index in [-0.39, 0.29) is 6.42 Å². The Kier molecular flexibility index (Phi) is 4.86. The number of aromatic nitrogens is 1. The van der Waals surface area contributed by atoms with Gasteiger partial charge in [-0.1, -0.05) is 23.8 Å². The molecule has 1 aromatic heterocycles. The van der Waals surface area contributed by atoms with Gasteiger partial charge in [-0.25, -0.2) is 4.98 Å². The largest absolute Gasteiger partial charge is 0.550 e. The molecule has 25 heavy (non-hydrogen) atoms. The van der Waals surface area contributed by atoms with Crippen LogP contribution in [0.25, 0.3) is 21.8 Å². The number of nitrogens with zero attached hydrogens (tertiary/aromatic N) is 1. The molecule has 4 nitrogen and oxygen atoms in total. The van der Waals surface area contributed by atoms with Crippen molar-refractivity contribution in [3.8, 4) is 27.6 Å². The van der Waals surface area contributed by atoms with Gasteiger partial charge >= 0.3 is 0 Å². The highest BCUT2D eigenvalue weighted by molar-refractivity contribution is 7.15. The maximum Gasteiger partial charge on any atom is 0.124 e. The van der Waals surface area contributed by atoms with Crippen molar-refractivity contribution in [1.29, 1.82) is 0 Å². The first-order valence-corrected chi connectivity index (χ1v) is 8.71. The van der Waals surface area contributed by atoms with E-state index in [9.17, 15) is 9.90 Å². The molecule has 0 aliphatic heterocycles. The van der Waals surface area contributed by atoms with Crippen molar-refractivity contribution in [3.63, 3.8) is 0 Å². The number of rotatable bonds is 5. The lowest BCUT2D eigenvalue weighted by Crippen LogP contribution is -2.24. The highest BCUT2D eigenvalue weighted by Crippen LogP contribution is 2.36. The second-order valence-corrected chi connectivity index (χ2v) is 6.97. The fourth-order valence-electron chi connectivity index (χ4n) is 2.75. The molecule has 128 valence electrons. The van der Waals surface area contributed by atoms with Gasteiger partial charge in [-0.15, -0.1) is 11.3 Å². The van der Waals surface area contributed by atoms with Crippen LogP contribution in [-0.2, 0) is 11.2 Å². The number of methoxy groups -OCH3 is 1. The maximum atomic E-state index is 11.2. The summed E-state index contributed by atoms with van der Waals surface area (Å²) in [5.74, 6) is -0.333. The van der Waals surface area contributed by atoms with Crippen LogP contribution in [0.1, 0.15) is 16.0 Å². The Morgan fingerprint density at radius 3 is 2.48 bits per heavy atom. The molecule has 0 amide bonds. The number of hydrogen-bond donors (Lipinski definition) is 0. The Hall–Kier alpha value is -2.66. The Bertz CT molecular complexity index is 913. The molecule has 3 aromatic rings. The van der Waals surface area contributed by atoms with Gasteiger partial charge in [0, 0.05) is 28.4 Å². The van der Waals surface area contributed by atoms with Crippen LogP contribution in [-0.4, -0.2) is 18.1 Å². The molecule has 0 unspecified atom stereocenters. The minimum atomic E-state index is -1.10. The van der Waals surface area contributed by atoms with Gasteiger partial charge in [-0.05, 0) is 43.7 Å². The number of aliphatic carboxylic acids is 1. The third-order valence-electron chi connectivity index (χ3n) is 3.98. The van der Waals surface area contributed by atoms with Gasteiger partial charge in [-0.2, -0.15) is 0 Å². The molecule has 0 saturated heterocycles. The molecule has 0 atom stereocenters. The van der Waals surface area contributed by atoms with E-state index in [2.05, 4.69) is 6.07 Å². The second kappa shape index (κ2) is 7.07. The first kappa shape index (κ1) is 17.2. The SMILES string of the molecule is COc1ccc(-c2nc(-c3ccc(C)cc3C)c(CC(=O)[O-])s2)cc1. The van der Waals surface area contributed by atoms with Crippen molar-refractivity contribution in [1.82, 2.24) is 4.98 Å². The van der Waals surface area contributed by atoms with E-state index >= 15 is 0 Å². The zero-order chi connectivity index (χ0) is 18.0. The molecule has 0 N–H and O–H groups in total. The van der Waals surface area contributed by atoms with Gasteiger partial charge in [0.15, 0.2) is 0 Å². The van der Waals surface area contributed by atoms with Crippen molar-refractivity contribution in [2.45, 2.75) is 20.3 Å². The lowest BCUT2D eigenvalue weighted by molar-refractivity contribution is -0.304. The van der Waals surface area contributed by atoms with Gasteiger partial charge in [0.25, 0.3) is 0 Å². The van der Waals surface area contributed by atoms with E-state index in [1.54, 1.807) is 7.11 Å². The summed E-state index contributed by atoms with van der Waals surface area (Å²) >= 11 is 1.39. The predicted octanol–water partition coefficient (Wildman–Crippen LogP) is 3.39. The van der Waals surface area contributed by atoms with E-state index in [0.29, 0.717) is 4.88 Å². The summed E-state index contributed by atoms with van der Waals surface area (Å²) in [6, 6.07) is 13.7. The fourth-order valence-corrected chi connectivity index (χ4v) is 3.82. The summed E-state index contributed by atoms with van der Waals surface area (Å²) in [6.45, 7) is 4.04. The molecule has 0 bridgehead atoms. The molecule has 1 heterocycles. The zero-order valence-corrected chi connectivity index (χ0v) is 15.1. The number of ether oxygens (including phenoxy) is 1. The Morgan fingerprint density at radius 1 is 1.16 bits per heavy atom. The number of aryl methyl sites for hydroxylation is 2. The van der Waals surface area contributed by atoms with Gasteiger partial charge in [-0.3, -0.25) is 0 Å². The van der Waals surface area contributed by atoms with Crippen molar-refractivity contribution < 1.29 is 14.6 Å². The lowest BCUT2D eigenvalue weighted by atomic mass is 10.0. The van der Waals surface area contributed by atoms with E-state index in [1.807, 2.05) is 50.2 Å². The third-order valence-corrected chi connectivity index (χ3v) is 5.08. The molecule has 0 spiro atoms. The molecule has 0 fully saturated rings. The second-order valence-electron chi connectivity index (χ2n) is 5.89. The van der Waals surface area contributed by atoms with Gasteiger partial charge < -0.3 is 14.6 Å². The standard InChI is InChI=1S/C20H19NO3S/c1-12-4-9-16(13(2)10-12)19-17(11-18(22)23)25-20(21-19)14-5-7-15(24-3)8-6-14/h4-10H,11H2,1-3H3,(H,22,23)/p-1. The van der Waals surface area contributed by atoms with E-state index < -0.39 is 5.97 Å². The summed E-state index contributed by atoms with van der Waals surface area (Å²) in [5.41, 5.74) is 4.84. The number of thiazole rings is 1. The smallest absolute Gasteiger partial charge is 0.124 e. The molecule has 0 radical (unpaired) electrons. The first-order chi connectivity index (χ1) is 12.0.